The lowest BCUT2D eigenvalue weighted by molar-refractivity contribution is 0.0584. The first-order chi connectivity index (χ1) is 9.65. The van der Waals surface area contributed by atoms with Gasteiger partial charge in [-0.25, -0.2) is 9.78 Å². The summed E-state index contributed by atoms with van der Waals surface area (Å²) in [6, 6.07) is 2.11. The van der Waals surface area contributed by atoms with Crippen molar-refractivity contribution in [3.05, 3.63) is 17.8 Å². The van der Waals surface area contributed by atoms with Crippen LogP contribution < -0.4 is 14.8 Å². The molecular weight excluding hydrogens is 260 g/mol. The number of nitrogens with zero attached hydrogens (tertiary/aromatic N) is 1. The summed E-state index contributed by atoms with van der Waals surface area (Å²) in [6.07, 6.45) is 3.50. The summed E-state index contributed by atoms with van der Waals surface area (Å²) in [5, 5.41) is 3.34. The molecule has 6 nitrogen and oxygen atoms in total. The van der Waals surface area contributed by atoms with E-state index in [0.29, 0.717) is 11.8 Å². The van der Waals surface area contributed by atoms with Gasteiger partial charge in [-0.05, 0) is 25.8 Å². The third-order valence-electron chi connectivity index (χ3n) is 3.38. The summed E-state index contributed by atoms with van der Waals surface area (Å²) < 4.78 is 15.8. The van der Waals surface area contributed by atoms with Crippen LogP contribution in [0, 0.1) is 0 Å². The fourth-order valence-electron chi connectivity index (χ4n) is 2.21. The van der Waals surface area contributed by atoms with Crippen LogP contribution in [0.2, 0.25) is 0 Å². The van der Waals surface area contributed by atoms with Crippen LogP contribution in [-0.2, 0) is 4.74 Å². The maximum Gasteiger partial charge on any atom is 0.347 e. The van der Waals surface area contributed by atoms with Gasteiger partial charge in [-0.15, -0.1) is 0 Å². The number of hydrogen-bond donors (Lipinski definition) is 1. The molecule has 1 aromatic rings. The van der Waals surface area contributed by atoms with Gasteiger partial charge in [-0.3, -0.25) is 0 Å². The van der Waals surface area contributed by atoms with Gasteiger partial charge < -0.3 is 19.5 Å². The van der Waals surface area contributed by atoms with Crippen LogP contribution in [0.1, 0.15) is 30.1 Å². The Bertz CT molecular complexity index is 470. The average Bonchev–Trinajstić information content (AvgIpc) is 2.48. The Hall–Kier alpha value is -1.82. The van der Waals surface area contributed by atoms with Gasteiger partial charge in [0.2, 0.25) is 5.88 Å². The number of carbonyl (C=O) groups is 1. The topological polar surface area (TPSA) is 69.7 Å². The number of esters is 1. The van der Waals surface area contributed by atoms with Crippen molar-refractivity contribution in [2.75, 3.05) is 20.8 Å². The molecule has 2 rings (SSSR count). The molecular formula is C14H20N2O4. The highest BCUT2D eigenvalue weighted by Crippen LogP contribution is 2.28. The Morgan fingerprint density at radius 1 is 1.40 bits per heavy atom. The standard InChI is InChI=1S/C14H20N2O4/c1-9-4-5-10(8-16-9)20-13-12(14(17)19-3)11(18-2)6-7-15-13/h6-7,9-10,16H,4-5,8H2,1-3H3/t9-,10-/m1/s1. The second kappa shape index (κ2) is 6.56. The fraction of sp³-hybridized carbons (Fsp3) is 0.571. The van der Waals surface area contributed by atoms with E-state index in [1.807, 2.05) is 0 Å². The molecule has 20 heavy (non-hydrogen) atoms. The summed E-state index contributed by atoms with van der Waals surface area (Å²) >= 11 is 0. The van der Waals surface area contributed by atoms with E-state index >= 15 is 0 Å². The van der Waals surface area contributed by atoms with Crippen molar-refractivity contribution in [3.63, 3.8) is 0 Å². The molecule has 1 N–H and O–H groups in total. The molecule has 0 aliphatic carbocycles. The minimum Gasteiger partial charge on any atom is -0.496 e. The molecule has 6 heteroatoms. The van der Waals surface area contributed by atoms with E-state index in [-0.39, 0.29) is 17.5 Å². The highest BCUT2D eigenvalue weighted by Gasteiger charge is 2.25. The number of rotatable bonds is 4. The number of aromatic nitrogens is 1. The van der Waals surface area contributed by atoms with E-state index in [1.165, 1.54) is 14.2 Å². The molecule has 2 atom stereocenters. The normalized spacial score (nSPS) is 22.1. The van der Waals surface area contributed by atoms with E-state index < -0.39 is 5.97 Å². The first-order valence-corrected chi connectivity index (χ1v) is 6.67. The van der Waals surface area contributed by atoms with Crippen LogP contribution in [0.3, 0.4) is 0 Å². The van der Waals surface area contributed by atoms with Gasteiger partial charge in [0.05, 0.1) is 14.2 Å². The molecule has 0 bridgehead atoms. The van der Waals surface area contributed by atoms with Crippen molar-refractivity contribution >= 4 is 5.97 Å². The van der Waals surface area contributed by atoms with E-state index in [1.54, 1.807) is 12.3 Å². The molecule has 1 saturated heterocycles. The van der Waals surface area contributed by atoms with Crippen LogP contribution in [0.25, 0.3) is 0 Å². The minimum absolute atomic E-state index is 0.00536. The number of methoxy groups -OCH3 is 2. The van der Waals surface area contributed by atoms with Crippen molar-refractivity contribution in [2.24, 2.45) is 0 Å². The lowest BCUT2D eigenvalue weighted by atomic mass is 10.0. The van der Waals surface area contributed by atoms with Gasteiger partial charge in [0.15, 0.2) is 5.56 Å². The summed E-state index contributed by atoms with van der Waals surface area (Å²) in [7, 11) is 2.82. The van der Waals surface area contributed by atoms with E-state index in [2.05, 4.69) is 17.2 Å². The van der Waals surface area contributed by atoms with Gasteiger partial charge in [-0.2, -0.15) is 0 Å². The van der Waals surface area contributed by atoms with Crippen LogP contribution in [0.5, 0.6) is 11.6 Å². The second-order valence-corrected chi connectivity index (χ2v) is 4.81. The monoisotopic (exact) mass is 280 g/mol. The summed E-state index contributed by atoms with van der Waals surface area (Å²) in [5.41, 5.74) is 0.233. The molecule has 0 unspecified atom stereocenters. The zero-order valence-electron chi connectivity index (χ0n) is 12.0. The lowest BCUT2D eigenvalue weighted by Gasteiger charge is -2.28. The molecule has 0 spiro atoms. The van der Waals surface area contributed by atoms with Gasteiger partial charge >= 0.3 is 5.97 Å². The van der Waals surface area contributed by atoms with Crippen LogP contribution in [0.15, 0.2) is 12.3 Å². The van der Waals surface area contributed by atoms with Crippen molar-refractivity contribution in [1.82, 2.24) is 10.3 Å². The van der Waals surface area contributed by atoms with Crippen molar-refractivity contribution in [2.45, 2.75) is 31.9 Å². The lowest BCUT2D eigenvalue weighted by Crippen LogP contribution is -2.42. The second-order valence-electron chi connectivity index (χ2n) is 4.81. The highest BCUT2D eigenvalue weighted by atomic mass is 16.5. The van der Waals surface area contributed by atoms with Crippen LogP contribution in [-0.4, -0.2) is 43.9 Å². The Morgan fingerprint density at radius 2 is 2.20 bits per heavy atom. The summed E-state index contributed by atoms with van der Waals surface area (Å²) in [4.78, 5) is 16.0. The number of piperidine rings is 1. The summed E-state index contributed by atoms with van der Waals surface area (Å²) in [5.74, 6) is 0.152. The third kappa shape index (κ3) is 3.19. The first kappa shape index (κ1) is 14.6. The maximum absolute atomic E-state index is 11.9. The average molecular weight is 280 g/mol. The number of carbonyl (C=O) groups excluding carboxylic acids is 1. The number of ether oxygens (including phenoxy) is 3. The largest absolute Gasteiger partial charge is 0.496 e. The van der Waals surface area contributed by atoms with E-state index in [9.17, 15) is 4.79 Å². The molecule has 1 fully saturated rings. The zero-order valence-corrected chi connectivity index (χ0v) is 12.0. The SMILES string of the molecule is COC(=O)c1c(OC)ccnc1O[C@@H]1CC[C@@H](C)NC1. The first-order valence-electron chi connectivity index (χ1n) is 6.67. The smallest absolute Gasteiger partial charge is 0.347 e. The van der Waals surface area contributed by atoms with E-state index in [4.69, 9.17) is 14.2 Å². The molecule has 2 heterocycles. The maximum atomic E-state index is 11.9. The number of nitrogens with one attached hydrogen (secondary N) is 1. The van der Waals surface area contributed by atoms with Crippen LogP contribution >= 0.6 is 0 Å². The molecule has 110 valence electrons. The zero-order chi connectivity index (χ0) is 14.5. The van der Waals surface area contributed by atoms with E-state index in [0.717, 1.165) is 19.4 Å². The van der Waals surface area contributed by atoms with Crippen molar-refractivity contribution in [3.8, 4) is 11.6 Å². The van der Waals surface area contributed by atoms with Crippen LogP contribution in [0.4, 0.5) is 0 Å². The Labute approximate surface area is 118 Å². The van der Waals surface area contributed by atoms with Crippen molar-refractivity contribution < 1.29 is 19.0 Å². The van der Waals surface area contributed by atoms with Gasteiger partial charge in [0.25, 0.3) is 0 Å². The molecule has 0 radical (unpaired) electrons. The quantitative estimate of drug-likeness (QED) is 0.841. The van der Waals surface area contributed by atoms with Gasteiger partial charge in [-0.1, -0.05) is 0 Å². The Morgan fingerprint density at radius 3 is 2.80 bits per heavy atom. The molecule has 0 aromatic carbocycles. The molecule has 1 aromatic heterocycles. The number of pyridine rings is 1. The molecule has 0 saturated carbocycles. The molecule has 1 aliphatic rings. The minimum atomic E-state index is -0.512. The molecule has 0 amide bonds. The highest BCUT2D eigenvalue weighted by molar-refractivity contribution is 5.94. The fourth-order valence-corrected chi connectivity index (χ4v) is 2.21. The third-order valence-corrected chi connectivity index (χ3v) is 3.38. The van der Waals surface area contributed by atoms with Gasteiger partial charge in [0.1, 0.15) is 11.9 Å². The summed E-state index contributed by atoms with van der Waals surface area (Å²) in [6.45, 7) is 2.88. The predicted octanol–water partition coefficient (Wildman–Crippen LogP) is 1.40. The van der Waals surface area contributed by atoms with Gasteiger partial charge in [0, 0.05) is 18.8 Å². The Kier molecular flexibility index (Phi) is 4.79. The predicted molar refractivity (Wildman–Crippen MR) is 73.2 cm³/mol. The number of hydrogen-bond acceptors (Lipinski definition) is 6. The Balaban J connectivity index is 2.20. The van der Waals surface area contributed by atoms with Crippen molar-refractivity contribution in [1.29, 1.82) is 0 Å². The molecule has 1 aliphatic heterocycles.